The van der Waals surface area contributed by atoms with Crippen LogP contribution in [0.1, 0.15) is 52.9 Å². The molecule has 1 aliphatic carbocycles. The van der Waals surface area contributed by atoms with Gasteiger partial charge in [-0.15, -0.1) is 0 Å². The van der Waals surface area contributed by atoms with E-state index in [0.717, 1.165) is 12.8 Å². The molecule has 1 fully saturated rings. The van der Waals surface area contributed by atoms with Crippen molar-refractivity contribution in [1.82, 2.24) is 0 Å². The Balaban J connectivity index is 2.83. The SMILES string of the molecule is CCC1CCC(CC(=O)OC)(C(C)(C)N)C1. The fraction of sp³-hybridized carbons (Fsp3) is 0.923. The highest BCUT2D eigenvalue weighted by atomic mass is 16.5. The largest absolute Gasteiger partial charge is 0.469 e. The van der Waals surface area contributed by atoms with Gasteiger partial charge in [0.15, 0.2) is 0 Å². The summed E-state index contributed by atoms with van der Waals surface area (Å²) in [6.07, 6.45) is 4.93. The first-order valence-corrected chi connectivity index (χ1v) is 6.20. The molecule has 0 heterocycles. The lowest BCUT2D eigenvalue weighted by Gasteiger charge is -2.41. The van der Waals surface area contributed by atoms with Gasteiger partial charge in [-0.2, -0.15) is 0 Å². The highest BCUT2D eigenvalue weighted by Gasteiger charge is 2.48. The molecule has 0 radical (unpaired) electrons. The van der Waals surface area contributed by atoms with Crippen molar-refractivity contribution in [2.45, 2.75) is 58.4 Å². The maximum atomic E-state index is 11.5. The topological polar surface area (TPSA) is 52.3 Å². The minimum absolute atomic E-state index is 0.0687. The molecule has 0 aromatic carbocycles. The molecular weight excluding hydrogens is 202 g/mol. The van der Waals surface area contributed by atoms with Crippen LogP contribution in [0, 0.1) is 11.3 Å². The molecule has 0 saturated heterocycles. The highest BCUT2D eigenvalue weighted by molar-refractivity contribution is 5.70. The van der Waals surface area contributed by atoms with Crippen LogP contribution >= 0.6 is 0 Å². The van der Waals surface area contributed by atoms with Crippen molar-refractivity contribution in [2.24, 2.45) is 17.1 Å². The van der Waals surface area contributed by atoms with Crippen molar-refractivity contribution >= 4 is 5.97 Å². The van der Waals surface area contributed by atoms with Crippen LogP contribution < -0.4 is 5.73 Å². The molecule has 16 heavy (non-hydrogen) atoms. The Morgan fingerprint density at radius 2 is 2.19 bits per heavy atom. The second-order valence-electron chi connectivity index (χ2n) is 5.77. The van der Waals surface area contributed by atoms with Gasteiger partial charge < -0.3 is 10.5 Å². The van der Waals surface area contributed by atoms with Gasteiger partial charge in [-0.05, 0) is 44.4 Å². The third kappa shape index (κ3) is 2.57. The van der Waals surface area contributed by atoms with E-state index in [1.807, 2.05) is 13.8 Å². The zero-order valence-corrected chi connectivity index (χ0v) is 11.0. The summed E-state index contributed by atoms with van der Waals surface area (Å²) in [5.41, 5.74) is 5.90. The number of carbonyl (C=O) groups excluding carboxylic acids is 1. The average Bonchev–Trinajstić information content (AvgIpc) is 2.61. The monoisotopic (exact) mass is 227 g/mol. The fourth-order valence-electron chi connectivity index (χ4n) is 2.91. The number of nitrogens with two attached hydrogens (primary N) is 1. The minimum Gasteiger partial charge on any atom is -0.469 e. The first-order chi connectivity index (χ1) is 7.34. The van der Waals surface area contributed by atoms with E-state index in [1.165, 1.54) is 20.0 Å². The lowest BCUT2D eigenvalue weighted by atomic mass is 9.68. The first-order valence-electron chi connectivity index (χ1n) is 6.20. The van der Waals surface area contributed by atoms with E-state index in [4.69, 9.17) is 10.5 Å². The molecule has 2 unspecified atom stereocenters. The van der Waals surface area contributed by atoms with E-state index in [1.54, 1.807) is 0 Å². The molecule has 3 nitrogen and oxygen atoms in total. The van der Waals surface area contributed by atoms with Gasteiger partial charge >= 0.3 is 5.97 Å². The number of rotatable bonds is 4. The van der Waals surface area contributed by atoms with Crippen LogP contribution in [0.4, 0.5) is 0 Å². The molecule has 0 aromatic rings. The summed E-state index contributed by atoms with van der Waals surface area (Å²) in [5, 5.41) is 0. The molecule has 3 heteroatoms. The van der Waals surface area contributed by atoms with E-state index in [0.29, 0.717) is 12.3 Å². The number of ether oxygens (including phenoxy) is 1. The van der Waals surface area contributed by atoms with Crippen LogP contribution in [-0.4, -0.2) is 18.6 Å². The molecule has 0 bridgehead atoms. The van der Waals surface area contributed by atoms with Crippen molar-refractivity contribution < 1.29 is 9.53 Å². The number of methoxy groups -OCH3 is 1. The van der Waals surface area contributed by atoms with Crippen molar-refractivity contribution in [3.63, 3.8) is 0 Å². The zero-order valence-electron chi connectivity index (χ0n) is 11.0. The zero-order chi connectivity index (χ0) is 12.4. The van der Waals surface area contributed by atoms with Crippen LogP contribution in [0.3, 0.4) is 0 Å². The van der Waals surface area contributed by atoms with E-state index in [9.17, 15) is 4.79 Å². The summed E-state index contributed by atoms with van der Waals surface area (Å²) >= 11 is 0. The summed E-state index contributed by atoms with van der Waals surface area (Å²) in [6.45, 7) is 6.28. The number of hydrogen-bond donors (Lipinski definition) is 1. The lowest BCUT2D eigenvalue weighted by Crippen LogP contribution is -2.50. The molecule has 94 valence electrons. The summed E-state index contributed by atoms with van der Waals surface area (Å²) in [6, 6.07) is 0. The summed E-state index contributed by atoms with van der Waals surface area (Å²) in [5.74, 6) is 0.586. The predicted molar refractivity (Wildman–Crippen MR) is 65.0 cm³/mol. The Morgan fingerprint density at radius 1 is 1.56 bits per heavy atom. The van der Waals surface area contributed by atoms with Crippen LogP contribution in [0.2, 0.25) is 0 Å². The first kappa shape index (κ1) is 13.5. The standard InChI is InChI=1S/C13H25NO2/c1-5-10-6-7-13(8-10,12(2,3)14)9-11(15)16-4/h10H,5-9,14H2,1-4H3. The molecule has 2 atom stereocenters. The van der Waals surface area contributed by atoms with Crippen LogP contribution in [0.5, 0.6) is 0 Å². The van der Waals surface area contributed by atoms with Gasteiger partial charge in [0.2, 0.25) is 0 Å². The van der Waals surface area contributed by atoms with Crippen LogP contribution in [-0.2, 0) is 9.53 Å². The Bertz CT molecular complexity index is 257. The molecule has 2 N–H and O–H groups in total. The molecule has 0 aromatic heterocycles. The van der Waals surface area contributed by atoms with E-state index >= 15 is 0 Å². The van der Waals surface area contributed by atoms with Crippen molar-refractivity contribution in [1.29, 1.82) is 0 Å². The Kier molecular flexibility index (Phi) is 4.00. The Hall–Kier alpha value is -0.570. The molecule has 0 aliphatic heterocycles. The van der Waals surface area contributed by atoms with Gasteiger partial charge in [-0.25, -0.2) is 0 Å². The number of esters is 1. The van der Waals surface area contributed by atoms with E-state index in [-0.39, 0.29) is 16.9 Å². The minimum atomic E-state index is -0.314. The van der Waals surface area contributed by atoms with Crippen molar-refractivity contribution in [3.05, 3.63) is 0 Å². The van der Waals surface area contributed by atoms with Gasteiger partial charge in [-0.3, -0.25) is 4.79 Å². The maximum absolute atomic E-state index is 11.5. The summed E-state index contributed by atoms with van der Waals surface area (Å²) < 4.78 is 4.81. The second kappa shape index (κ2) is 4.74. The lowest BCUT2D eigenvalue weighted by molar-refractivity contribution is -0.144. The second-order valence-corrected chi connectivity index (χ2v) is 5.77. The maximum Gasteiger partial charge on any atom is 0.306 e. The van der Waals surface area contributed by atoms with E-state index in [2.05, 4.69) is 6.92 Å². The Labute approximate surface area is 98.7 Å². The van der Waals surface area contributed by atoms with Crippen molar-refractivity contribution in [2.75, 3.05) is 7.11 Å². The third-order valence-electron chi connectivity index (χ3n) is 4.37. The summed E-state index contributed by atoms with van der Waals surface area (Å²) in [4.78, 5) is 11.5. The molecule has 1 saturated carbocycles. The van der Waals surface area contributed by atoms with E-state index < -0.39 is 0 Å². The quantitative estimate of drug-likeness (QED) is 0.751. The predicted octanol–water partition coefficient (Wildman–Crippen LogP) is 2.48. The molecule has 1 aliphatic rings. The average molecular weight is 227 g/mol. The smallest absolute Gasteiger partial charge is 0.306 e. The van der Waals surface area contributed by atoms with Gasteiger partial charge in [-0.1, -0.05) is 13.3 Å². The third-order valence-corrected chi connectivity index (χ3v) is 4.37. The van der Waals surface area contributed by atoms with Gasteiger partial charge in [0.05, 0.1) is 13.5 Å². The molecule has 1 rings (SSSR count). The number of hydrogen-bond acceptors (Lipinski definition) is 3. The fourth-order valence-corrected chi connectivity index (χ4v) is 2.91. The molecule has 0 amide bonds. The summed E-state index contributed by atoms with van der Waals surface area (Å²) in [7, 11) is 1.45. The normalized spacial score (nSPS) is 30.4. The van der Waals surface area contributed by atoms with Gasteiger partial charge in [0.25, 0.3) is 0 Å². The van der Waals surface area contributed by atoms with Crippen LogP contribution in [0.25, 0.3) is 0 Å². The highest BCUT2D eigenvalue weighted by Crippen LogP contribution is 2.51. The van der Waals surface area contributed by atoms with Gasteiger partial charge in [0.1, 0.15) is 0 Å². The van der Waals surface area contributed by atoms with Gasteiger partial charge in [0, 0.05) is 5.54 Å². The molecule has 0 spiro atoms. The molecular formula is C13H25NO2. The number of carbonyl (C=O) groups is 1. The Morgan fingerprint density at radius 3 is 2.56 bits per heavy atom. The van der Waals surface area contributed by atoms with Crippen LogP contribution in [0.15, 0.2) is 0 Å². The van der Waals surface area contributed by atoms with Crippen molar-refractivity contribution in [3.8, 4) is 0 Å².